The molecule has 1 fully saturated rings. The molecule has 0 aromatic carbocycles. The lowest BCUT2D eigenvalue weighted by Gasteiger charge is -2.21. The van der Waals surface area contributed by atoms with E-state index in [1.165, 1.54) is 38.5 Å². The van der Waals surface area contributed by atoms with Gasteiger partial charge in [-0.3, -0.25) is 0 Å². The molecule has 0 saturated heterocycles. The molecule has 0 atom stereocenters. The summed E-state index contributed by atoms with van der Waals surface area (Å²) in [4.78, 5) is 21.9. The molecule has 0 aliphatic heterocycles. The van der Waals surface area contributed by atoms with Crippen molar-refractivity contribution in [2.75, 3.05) is 6.54 Å². The van der Waals surface area contributed by atoms with E-state index >= 15 is 0 Å². The van der Waals surface area contributed by atoms with Crippen LogP contribution in [0, 0.1) is 11.3 Å². The number of aliphatic imine (C=N–C) groups is 1. The number of hydrogen-bond donors (Lipinski definition) is 2. The van der Waals surface area contributed by atoms with Crippen molar-refractivity contribution >= 4 is 12.2 Å². The van der Waals surface area contributed by atoms with Crippen molar-refractivity contribution in [3.8, 4) is 0 Å². The van der Waals surface area contributed by atoms with Crippen LogP contribution in [-0.2, 0) is 9.59 Å². The van der Waals surface area contributed by atoms with Crippen LogP contribution in [0.1, 0.15) is 65.2 Å². The Hall–Kier alpha value is -1.28. The smallest absolute Gasteiger partial charge is 0.235 e. The number of nitrogens with one attached hydrogen (secondary N) is 1. The van der Waals surface area contributed by atoms with E-state index in [1.807, 2.05) is 0 Å². The molecule has 0 aromatic rings. The van der Waals surface area contributed by atoms with Gasteiger partial charge in [-0.2, -0.15) is 0 Å². The van der Waals surface area contributed by atoms with E-state index in [2.05, 4.69) is 18.8 Å². The molecule has 0 amide bonds. The molecule has 116 valence electrons. The molecule has 1 rings (SSSR count). The van der Waals surface area contributed by atoms with Crippen LogP contribution in [0.15, 0.2) is 4.99 Å². The summed E-state index contributed by atoms with van der Waals surface area (Å²) < 4.78 is 0. The Morgan fingerprint density at radius 1 is 1.15 bits per heavy atom. The molecule has 0 radical (unpaired) electrons. The molecule has 0 aromatic heterocycles. The molecule has 1 aliphatic carbocycles. The Labute approximate surface area is 122 Å². The van der Waals surface area contributed by atoms with Gasteiger partial charge >= 0.3 is 0 Å². The van der Waals surface area contributed by atoms with Crippen LogP contribution < -0.4 is 5.73 Å². The third-order valence-corrected chi connectivity index (χ3v) is 3.28. The Kier molecular flexibility index (Phi) is 18.6. The maximum Gasteiger partial charge on any atom is 0.235 e. The minimum Gasteiger partial charge on any atom is -0.330 e. The van der Waals surface area contributed by atoms with Gasteiger partial charge in [0.2, 0.25) is 12.2 Å². The summed E-state index contributed by atoms with van der Waals surface area (Å²) in [5.41, 5.74) is 5.27. The SMILES string of the molecule is CC1CCC(N=C=O)CC1.CCCCCCN.N=C=O. The van der Waals surface area contributed by atoms with Crippen LogP contribution in [0.5, 0.6) is 0 Å². The number of unbranched alkanes of at least 4 members (excludes halogenated alkanes) is 3. The topological polar surface area (TPSA) is 96.4 Å². The number of nitrogens with two attached hydrogens (primary N) is 1. The first kappa shape index (κ1) is 21.0. The van der Waals surface area contributed by atoms with Crippen molar-refractivity contribution in [3.05, 3.63) is 0 Å². The monoisotopic (exact) mass is 283 g/mol. The minimum atomic E-state index is 0.286. The summed E-state index contributed by atoms with van der Waals surface area (Å²) in [6.45, 7) is 5.32. The quantitative estimate of drug-likeness (QED) is 0.460. The zero-order chi connectivity index (χ0) is 15.6. The van der Waals surface area contributed by atoms with Gasteiger partial charge in [0, 0.05) is 0 Å². The number of hydrogen-bond acceptors (Lipinski definition) is 5. The van der Waals surface area contributed by atoms with E-state index in [1.54, 1.807) is 6.08 Å². The van der Waals surface area contributed by atoms with Gasteiger partial charge in [0.25, 0.3) is 0 Å². The Morgan fingerprint density at radius 2 is 1.70 bits per heavy atom. The largest absolute Gasteiger partial charge is 0.330 e. The fraction of sp³-hybridized carbons (Fsp3) is 0.867. The Balaban J connectivity index is 0. The van der Waals surface area contributed by atoms with Gasteiger partial charge in [0.1, 0.15) is 0 Å². The highest BCUT2D eigenvalue weighted by atomic mass is 16.1. The second-order valence-corrected chi connectivity index (χ2v) is 5.09. The molecule has 5 heteroatoms. The zero-order valence-electron chi connectivity index (χ0n) is 12.9. The average Bonchev–Trinajstić information content (AvgIpc) is 2.44. The van der Waals surface area contributed by atoms with Crippen molar-refractivity contribution in [1.29, 1.82) is 5.41 Å². The van der Waals surface area contributed by atoms with Crippen molar-refractivity contribution in [3.63, 3.8) is 0 Å². The maximum atomic E-state index is 9.86. The molecule has 1 aliphatic rings. The first-order valence-electron chi connectivity index (χ1n) is 7.47. The van der Waals surface area contributed by atoms with E-state index in [9.17, 15) is 4.79 Å². The van der Waals surface area contributed by atoms with Crippen LogP contribution in [0.2, 0.25) is 0 Å². The second kappa shape index (κ2) is 17.7. The predicted molar refractivity (Wildman–Crippen MR) is 81.2 cm³/mol. The van der Waals surface area contributed by atoms with E-state index in [-0.39, 0.29) is 6.04 Å². The van der Waals surface area contributed by atoms with Gasteiger partial charge in [-0.05, 0) is 44.6 Å². The zero-order valence-corrected chi connectivity index (χ0v) is 12.9. The first-order chi connectivity index (χ1) is 9.65. The molecule has 5 nitrogen and oxygen atoms in total. The van der Waals surface area contributed by atoms with Crippen LogP contribution in [-0.4, -0.2) is 24.7 Å². The van der Waals surface area contributed by atoms with Crippen LogP contribution >= 0.6 is 0 Å². The summed E-state index contributed by atoms with van der Waals surface area (Å²) in [6.07, 6.45) is 12.1. The highest BCUT2D eigenvalue weighted by molar-refractivity contribution is 5.33. The average molecular weight is 283 g/mol. The molecule has 0 unspecified atom stereocenters. The van der Waals surface area contributed by atoms with Gasteiger partial charge in [0.15, 0.2) is 0 Å². The molecular weight excluding hydrogens is 254 g/mol. The van der Waals surface area contributed by atoms with Gasteiger partial charge in [-0.25, -0.2) is 20.0 Å². The lowest BCUT2D eigenvalue weighted by molar-refractivity contribution is 0.348. The third-order valence-electron chi connectivity index (χ3n) is 3.28. The number of nitrogens with zero attached hydrogens (tertiary/aromatic N) is 1. The fourth-order valence-electron chi connectivity index (χ4n) is 2.02. The summed E-state index contributed by atoms with van der Waals surface area (Å²) in [6, 6.07) is 0.286. The van der Waals surface area contributed by atoms with E-state index in [0.29, 0.717) is 0 Å². The number of carbonyl (C=O) groups excluding carboxylic acids is 2. The normalized spacial score (nSPS) is 20.1. The summed E-state index contributed by atoms with van der Waals surface area (Å²) in [5, 5.41) is 5.40. The molecule has 0 heterocycles. The van der Waals surface area contributed by atoms with Gasteiger partial charge in [0.05, 0.1) is 6.04 Å². The van der Waals surface area contributed by atoms with E-state index in [4.69, 9.17) is 15.9 Å². The number of rotatable bonds is 5. The summed E-state index contributed by atoms with van der Waals surface area (Å²) in [5.74, 6) is 0.832. The molecule has 0 bridgehead atoms. The van der Waals surface area contributed by atoms with Crippen LogP contribution in [0.4, 0.5) is 0 Å². The fourth-order valence-corrected chi connectivity index (χ4v) is 2.02. The van der Waals surface area contributed by atoms with Crippen LogP contribution in [0.25, 0.3) is 0 Å². The molecule has 1 saturated carbocycles. The predicted octanol–water partition coefficient (Wildman–Crippen LogP) is 3.33. The Morgan fingerprint density at radius 3 is 2.10 bits per heavy atom. The van der Waals surface area contributed by atoms with Gasteiger partial charge in [-0.1, -0.05) is 33.1 Å². The lowest BCUT2D eigenvalue weighted by atomic mass is 9.88. The highest BCUT2D eigenvalue weighted by Gasteiger charge is 2.16. The molecule has 3 N–H and O–H groups in total. The summed E-state index contributed by atoms with van der Waals surface area (Å²) >= 11 is 0. The van der Waals surface area contributed by atoms with Gasteiger partial charge < -0.3 is 5.73 Å². The standard InChI is InChI=1S/C8H13NO.C6H15N.CHNO/c1-7-2-4-8(5-3-7)9-6-10;1-2-3-4-5-6-7;2-1-3/h7-8H,2-5H2,1H3;2-7H2,1H3;2H. The first-order valence-corrected chi connectivity index (χ1v) is 7.47. The third kappa shape index (κ3) is 16.7. The van der Waals surface area contributed by atoms with Crippen molar-refractivity contribution < 1.29 is 9.59 Å². The lowest BCUT2D eigenvalue weighted by Crippen LogP contribution is -2.14. The van der Waals surface area contributed by atoms with E-state index in [0.717, 1.165) is 31.4 Å². The van der Waals surface area contributed by atoms with Gasteiger partial charge in [-0.15, -0.1) is 0 Å². The minimum absolute atomic E-state index is 0.286. The maximum absolute atomic E-state index is 9.86. The second-order valence-electron chi connectivity index (χ2n) is 5.09. The van der Waals surface area contributed by atoms with Crippen molar-refractivity contribution in [2.45, 2.75) is 71.3 Å². The summed E-state index contributed by atoms with van der Waals surface area (Å²) in [7, 11) is 0. The van der Waals surface area contributed by atoms with Crippen molar-refractivity contribution in [1.82, 2.24) is 0 Å². The molecule has 20 heavy (non-hydrogen) atoms. The van der Waals surface area contributed by atoms with Crippen molar-refractivity contribution in [2.24, 2.45) is 16.6 Å². The van der Waals surface area contributed by atoms with E-state index < -0.39 is 0 Å². The highest BCUT2D eigenvalue weighted by Crippen LogP contribution is 2.24. The number of isocyanates is 2. The Bertz CT molecular complexity index is 271. The van der Waals surface area contributed by atoms with Crippen LogP contribution in [0.3, 0.4) is 0 Å². The molecule has 0 spiro atoms. The molecular formula is C15H29N3O2.